The van der Waals surface area contributed by atoms with Crippen LogP contribution in [0, 0.1) is 0 Å². The van der Waals surface area contributed by atoms with Crippen molar-refractivity contribution < 1.29 is 8.42 Å². The Morgan fingerprint density at radius 1 is 1.25 bits per heavy atom. The van der Waals surface area contributed by atoms with Crippen LogP contribution in [0.25, 0.3) is 5.78 Å². The second-order valence-corrected chi connectivity index (χ2v) is 6.93. The monoisotopic (exact) mass is 316 g/mol. The summed E-state index contributed by atoms with van der Waals surface area (Å²) in [5, 5.41) is 4.45. The number of anilines is 1. The van der Waals surface area contributed by atoms with Crippen LogP contribution < -0.4 is 4.90 Å². The molecule has 2 aromatic rings. The molecule has 0 amide bonds. The molecule has 0 spiro atoms. The molecule has 3 heterocycles. The number of rotatable bonds is 2. The van der Waals surface area contributed by atoms with Gasteiger partial charge in [0.25, 0.3) is 5.78 Å². The zero-order chi connectivity index (χ0) is 14.3. The highest BCUT2D eigenvalue weighted by atomic mass is 35.5. The molecule has 2 aromatic heterocycles. The third-order valence-electron chi connectivity index (χ3n) is 3.23. The fraction of sp³-hybridized carbons (Fsp3) is 0.500. The Labute approximate surface area is 121 Å². The minimum absolute atomic E-state index is 0.339. The van der Waals surface area contributed by atoms with Crippen LogP contribution in [0.1, 0.15) is 0 Å². The van der Waals surface area contributed by atoms with Gasteiger partial charge in [-0.05, 0) is 0 Å². The molecule has 0 aromatic carbocycles. The number of aromatic nitrogens is 4. The number of nitrogens with zero attached hydrogens (tertiary/aromatic N) is 6. The number of hydrogen-bond acceptors (Lipinski definition) is 6. The zero-order valence-corrected chi connectivity index (χ0v) is 12.3. The van der Waals surface area contributed by atoms with Gasteiger partial charge in [-0.3, -0.25) is 0 Å². The maximum atomic E-state index is 11.5. The molecule has 0 bridgehead atoms. The summed E-state index contributed by atoms with van der Waals surface area (Å²) in [6.45, 7) is 2.02. The molecule has 1 aliphatic rings. The molecular weight excluding hydrogens is 304 g/mol. The van der Waals surface area contributed by atoms with Gasteiger partial charge in [-0.15, -0.1) is 0 Å². The van der Waals surface area contributed by atoms with E-state index < -0.39 is 10.0 Å². The molecular formula is C10H13ClN6O2S. The highest BCUT2D eigenvalue weighted by molar-refractivity contribution is 7.88. The van der Waals surface area contributed by atoms with Gasteiger partial charge in [0, 0.05) is 32.2 Å². The summed E-state index contributed by atoms with van der Waals surface area (Å²) in [7, 11) is -3.14. The Bertz CT molecular complexity index is 737. The van der Waals surface area contributed by atoms with E-state index in [-0.39, 0.29) is 0 Å². The smallest absolute Gasteiger partial charge is 0.255 e. The number of halogens is 1. The van der Waals surface area contributed by atoms with Gasteiger partial charge in [-0.1, -0.05) is 11.6 Å². The Balaban J connectivity index is 1.89. The molecule has 0 N–H and O–H groups in total. The highest BCUT2D eigenvalue weighted by Gasteiger charge is 2.25. The van der Waals surface area contributed by atoms with E-state index in [2.05, 4.69) is 15.1 Å². The van der Waals surface area contributed by atoms with Crippen molar-refractivity contribution in [1.82, 2.24) is 23.9 Å². The van der Waals surface area contributed by atoms with Crippen LogP contribution >= 0.6 is 11.6 Å². The number of hydrogen-bond donors (Lipinski definition) is 0. The van der Waals surface area contributed by atoms with E-state index in [9.17, 15) is 8.42 Å². The van der Waals surface area contributed by atoms with E-state index in [1.807, 2.05) is 4.90 Å². The molecule has 3 rings (SSSR count). The highest BCUT2D eigenvalue weighted by Crippen LogP contribution is 2.20. The summed E-state index contributed by atoms with van der Waals surface area (Å²) in [4.78, 5) is 10.1. The fourth-order valence-electron chi connectivity index (χ4n) is 2.24. The van der Waals surface area contributed by atoms with E-state index in [1.165, 1.54) is 16.9 Å². The minimum Gasteiger partial charge on any atom is -0.354 e. The first-order valence-electron chi connectivity index (χ1n) is 6.01. The van der Waals surface area contributed by atoms with Crippen molar-refractivity contribution in [3.63, 3.8) is 0 Å². The van der Waals surface area contributed by atoms with Crippen LogP contribution in [0.2, 0.25) is 5.15 Å². The summed E-state index contributed by atoms with van der Waals surface area (Å²) < 4.78 is 26.1. The van der Waals surface area contributed by atoms with Gasteiger partial charge in [0.15, 0.2) is 0 Å². The Hall–Kier alpha value is -1.45. The van der Waals surface area contributed by atoms with Crippen LogP contribution in [0.4, 0.5) is 5.82 Å². The van der Waals surface area contributed by atoms with Gasteiger partial charge in [0.1, 0.15) is 17.3 Å². The molecule has 1 fully saturated rings. The lowest BCUT2D eigenvalue weighted by molar-refractivity contribution is 0.386. The minimum atomic E-state index is -3.14. The van der Waals surface area contributed by atoms with E-state index in [0.717, 1.165) is 5.82 Å². The largest absolute Gasteiger partial charge is 0.354 e. The lowest BCUT2D eigenvalue weighted by atomic mass is 10.3. The SMILES string of the molecule is CS(=O)(=O)N1CCN(c2cc(Cl)nc3ncnn23)CC1. The standard InChI is InChI=1S/C10H13ClN6O2S/c1-20(18,19)16-4-2-15(3-5-16)9-6-8(11)14-10-12-7-13-17(9)10/h6-7H,2-5H2,1H3. The molecule has 0 radical (unpaired) electrons. The lowest BCUT2D eigenvalue weighted by Crippen LogP contribution is -2.48. The van der Waals surface area contributed by atoms with Crippen LogP contribution in [-0.4, -0.2) is 64.7 Å². The Morgan fingerprint density at radius 3 is 2.60 bits per heavy atom. The lowest BCUT2D eigenvalue weighted by Gasteiger charge is -2.34. The summed E-state index contributed by atoms with van der Waals surface area (Å²) in [6.07, 6.45) is 2.64. The van der Waals surface area contributed by atoms with Gasteiger partial charge in [0.05, 0.1) is 6.26 Å². The second kappa shape index (κ2) is 4.83. The zero-order valence-electron chi connectivity index (χ0n) is 10.8. The molecule has 20 heavy (non-hydrogen) atoms. The van der Waals surface area contributed by atoms with Gasteiger partial charge in [-0.25, -0.2) is 8.42 Å². The molecule has 0 unspecified atom stereocenters. The summed E-state index contributed by atoms with van der Waals surface area (Å²) >= 11 is 5.98. The Morgan fingerprint density at radius 2 is 1.95 bits per heavy atom. The van der Waals surface area contributed by atoms with Crippen LogP contribution in [-0.2, 0) is 10.0 Å². The summed E-state index contributed by atoms with van der Waals surface area (Å²) in [5.74, 6) is 1.20. The third kappa shape index (κ3) is 2.43. The van der Waals surface area contributed by atoms with Crippen molar-refractivity contribution in [2.24, 2.45) is 0 Å². The Kier molecular flexibility index (Phi) is 3.27. The quantitative estimate of drug-likeness (QED) is 0.717. The van der Waals surface area contributed by atoms with Crippen LogP contribution in [0.5, 0.6) is 0 Å². The molecule has 0 saturated carbocycles. The van der Waals surface area contributed by atoms with Gasteiger partial charge in [0.2, 0.25) is 10.0 Å². The van der Waals surface area contributed by atoms with Crippen molar-refractivity contribution in [3.05, 3.63) is 17.5 Å². The summed E-state index contributed by atoms with van der Waals surface area (Å²) in [5.41, 5.74) is 0. The van der Waals surface area contributed by atoms with E-state index in [0.29, 0.717) is 37.1 Å². The van der Waals surface area contributed by atoms with E-state index >= 15 is 0 Å². The van der Waals surface area contributed by atoms with Crippen LogP contribution in [0.15, 0.2) is 12.4 Å². The normalized spacial score (nSPS) is 17.8. The van der Waals surface area contributed by atoms with Crippen molar-refractivity contribution >= 4 is 33.2 Å². The number of fused-ring (bicyclic) bond motifs is 1. The maximum Gasteiger partial charge on any atom is 0.255 e. The van der Waals surface area contributed by atoms with Gasteiger partial charge in [-0.2, -0.15) is 23.9 Å². The van der Waals surface area contributed by atoms with Crippen LogP contribution in [0.3, 0.4) is 0 Å². The second-order valence-electron chi connectivity index (χ2n) is 4.56. The molecule has 108 valence electrons. The molecule has 0 aliphatic carbocycles. The van der Waals surface area contributed by atoms with Crippen molar-refractivity contribution in [3.8, 4) is 0 Å². The first-order valence-corrected chi connectivity index (χ1v) is 8.24. The topological polar surface area (TPSA) is 83.7 Å². The van der Waals surface area contributed by atoms with Crippen molar-refractivity contribution in [2.75, 3.05) is 37.3 Å². The van der Waals surface area contributed by atoms with Gasteiger partial charge >= 0.3 is 0 Å². The van der Waals surface area contributed by atoms with Crippen molar-refractivity contribution in [2.45, 2.75) is 0 Å². The first-order chi connectivity index (χ1) is 9.45. The summed E-state index contributed by atoms with van der Waals surface area (Å²) in [6, 6.07) is 1.71. The predicted molar refractivity (Wildman–Crippen MR) is 74.4 cm³/mol. The third-order valence-corrected chi connectivity index (χ3v) is 4.73. The average molecular weight is 317 g/mol. The molecule has 0 atom stereocenters. The molecule has 8 nitrogen and oxygen atoms in total. The average Bonchev–Trinajstić information content (AvgIpc) is 2.85. The first kappa shape index (κ1) is 13.5. The van der Waals surface area contributed by atoms with Gasteiger partial charge < -0.3 is 4.90 Å². The molecule has 1 saturated heterocycles. The molecule has 10 heteroatoms. The fourth-order valence-corrected chi connectivity index (χ4v) is 3.24. The number of piperazine rings is 1. The maximum absolute atomic E-state index is 11.5. The van der Waals surface area contributed by atoms with Crippen molar-refractivity contribution in [1.29, 1.82) is 0 Å². The van der Waals surface area contributed by atoms with E-state index in [1.54, 1.807) is 10.6 Å². The molecule has 1 aliphatic heterocycles. The predicted octanol–water partition coefficient (Wildman–Crippen LogP) is -0.141. The number of sulfonamides is 1. The van der Waals surface area contributed by atoms with E-state index in [4.69, 9.17) is 11.6 Å².